The first kappa shape index (κ1) is 23.5. The number of carbonyl (C=O) groups excluding carboxylic acids is 1. The fourth-order valence-corrected chi connectivity index (χ4v) is 3.43. The summed E-state index contributed by atoms with van der Waals surface area (Å²) in [5.74, 6) is 0.701. The Bertz CT molecular complexity index is 990. The van der Waals surface area contributed by atoms with Gasteiger partial charge in [0, 0.05) is 12.1 Å². The molecular weight excluding hydrogens is 396 g/mol. The van der Waals surface area contributed by atoms with Crippen LogP contribution in [-0.2, 0) is 0 Å². The zero-order valence-electron chi connectivity index (χ0n) is 17.6. The Labute approximate surface area is 184 Å². The number of ether oxygens (including phenoxy) is 1. The van der Waals surface area contributed by atoms with Crippen molar-refractivity contribution in [1.82, 2.24) is 5.32 Å². The van der Waals surface area contributed by atoms with Gasteiger partial charge >= 0.3 is 0 Å². The third kappa shape index (κ3) is 5.62. The molecule has 0 aliphatic heterocycles. The predicted octanol–water partition coefficient (Wildman–Crippen LogP) is 5.22. The monoisotopic (exact) mass is 424 g/mol. The van der Waals surface area contributed by atoms with Crippen molar-refractivity contribution >= 4 is 18.3 Å². The number of hydrogen-bond acceptors (Lipinski definition) is 3. The second-order valence-electron chi connectivity index (χ2n) is 7.17. The summed E-state index contributed by atoms with van der Waals surface area (Å²) in [6.07, 6.45) is 0. The Morgan fingerprint density at radius 2 is 1.77 bits per heavy atom. The molecule has 4 nitrogen and oxygen atoms in total. The lowest BCUT2D eigenvalue weighted by Crippen LogP contribution is -2.33. The van der Waals surface area contributed by atoms with Crippen LogP contribution in [0.25, 0.3) is 11.1 Å². The molecule has 5 heteroatoms. The summed E-state index contributed by atoms with van der Waals surface area (Å²) in [4.78, 5) is 12.9. The van der Waals surface area contributed by atoms with E-state index in [1.54, 1.807) is 0 Å². The van der Waals surface area contributed by atoms with E-state index in [1.807, 2.05) is 81.4 Å². The third-order valence-corrected chi connectivity index (χ3v) is 4.92. The van der Waals surface area contributed by atoms with Crippen molar-refractivity contribution in [3.63, 3.8) is 0 Å². The molecule has 0 bridgehead atoms. The number of hydrogen-bond donors (Lipinski definition) is 2. The lowest BCUT2D eigenvalue weighted by Gasteiger charge is -2.18. The Morgan fingerprint density at radius 1 is 1.03 bits per heavy atom. The van der Waals surface area contributed by atoms with Crippen LogP contribution in [0, 0.1) is 13.8 Å². The third-order valence-electron chi connectivity index (χ3n) is 4.92. The molecule has 0 unspecified atom stereocenters. The van der Waals surface area contributed by atoms with Crippen molar-refractivity contribution < 1.29 is 9.53 Å². The Hall–Kier alpha value is -2.82. The van der Waals surface area contributed by atoms with Crippen LogP contribution in [0.3, 0.4) is 0 Å². The van der Waals surface area contributed by atoms with Gasteiger partial charge in [0.15, 0.2) is 0 Å². The second kappa shape index (κ2) is 10.8. The Morgan fingerprint density at radius 3 is 2.43 bits per heavy atom. The fourth-order valence-electron chi connectivity index (χ4n) is 3.43. The lowest BCUT2D eigenvalue weighted by atomic mass is 9.96. The van der Waals surface area contributed by atoms with E-state index in [0.717, 1.165) is 33.6 Å². The van der Waals surface area contributed by atoms with E-state index < -0.39 is 0 Å². The molecule has 3 N–H and O–H groups in total. The first-order chi connectivity index (χ1) is 14.0. The van der Waals surface area contributed by atoms with Crippen molar-refractivity contribution in [3.05, 3.63) is 89.0 Å². The van der Waals surface area contributed by atoms with Crippen LogP contribution < -0.4 is 15.8 Å². The van der Waals surface area contributed by atoms with Crippen LogP contribution >= 0.6 is 12.4 Å². The van der Waals surface area contributed by atoms with E-state index in [4.69, 9.17) is 10.5 Å². The van der Waals surface area contributed by atoms with Crippen LogP contribution in [-0.4, -0.2) is 19.1 Å². The molecule has 0 aliphatic carbocycles. The van der Waals surface area contributed by atoms with Gasteiger partial charge in [-0.2, -0.15) is 0 Å². The quantitative estimate of drug-likeness (QED) is 0.546. The second-order valence-corrected chi connectivity index (χ2v) is 7.17. The molecule has 158 valence electrons. The number of amides is 1. The lowest BCUT2D eigenvalue weighted by molar-refractivity contribution is 0.0938. The number of carbonyl (C=O) groups is 1. The largest absolute Gasteiger partial charge is 0.494 e. The molecule has 30 heavy (non-hydrogen) atoms. The number of rotatable bonds is 7. The standard InChI is InChI=1S/C25H28N2O2.ClH/c1-4-29-22-13-17(2)12-21(14-22)23-15-20(11-10-18(23)3)25(28)27-24(16-26)19-8-6-5-7-9-19;/h5-15,24H,4,16,26H2,1-3H3,(H,27,28);1H/t24-;/m0./s1. The van der Waals surface area contributed by atoms with Crippen molar-refractivity contribution in [3.8, 4) is 16.9 Å². The molecular formula is C25H29ClN2O2. The number of aryl methyl sites for hydroxylation is 2. The Balaban J connectivity index is 0.00000320. The number of nitrogens with one attached hydrogen (secondary N) is 1. The summed E-state index contributed by atoms with van der Waals surface area (Å²) >= 11 is 0. The highest BCUT2D eigenvalue weighted by Gasteiger charge is 2.16. The van der Waals surface area contributed by atoms with Crippen LogP contribution in [0.2, 0.25) is 0 Å². The van der Waals surface area contributed by atoms with E-state index >= 15 is 0 Å². The minimum atomic E-state index is -0.225. The van der Waals surface area contributed by atoms with Crippen LogP contribution in [0.15, 0.2) is 66.7 Å². The highest BCUT2D eigenvalue weighted by molar-refractivity contribution is 5.96. The maximum Gasteiger partial charge on any atom is 0.251 e. The molecule has 0 saturated heterocycles. The highest BCUT2D eigenvalue weighted by Crippen LogP contribution is 2.29. The smallest absolute Gasteiger partial charge is 0.251 e. The normalized spacial score (nSPS) is 11.3. The molecule has 0 heterocycles. The molecule has 0 spiro atoms. The van der Waals surface area contributed by atoms with Gasteiger partial charge in [0.1, 0.15) is 5.75 Å². The minimum Gasteiger partial charge on any atom is -0.494 e. The van der Waals surface area contributed by atoms with Gasteiger partial charge in [0.2, 0.25) is 0 Å². The Kier molecular flexibility index (Phi) is 8.46. The van der Waals surface area contributed by atoms with Crippen molar-refractivity contribution in [2.75, 3.05) is 13.2 Å². The van der Waals surface area contributed by atoms with Gasteiger partial charge in [-0.1, -0.05) is 42.5 Å². The molecule has 3 rings (SSSR count). The maximum atomic E-state index is 12.9. The maximum absolute atomic E-state index is 12.9. The number of benzene rings is 3. The highest BCUT2D eigenvalue weighted by atomic mass is 35.5. The van der Waals surface area contributed by atoms with Gasteiger partial charge in [-0.3, -0.25) is 4.79 Å². The van der Waals surface area contributed by atoms with E-state index in [0.29, 0.717) is 18.7 Å². The van der Waals surface area contributed by atoms with Gasteiger partial charge in [-0.15, -0.1) is 12.4 Å². The van der Waals surface area contributed by atoms with Gasteiger partial charge in [-0.25, -0.2) is 0 Å². The summed E-state index contributed by atoms with van der Waals surface area (Å²) in [5, 5.41) is 3.05. The van der Waals surface area contributed by atoms with Crippen molar-refractivity contribution in [2.24, 2.45) is 5.73 Å². The summed E-state index contributed by atoms with van der Waals surface area (Å²) in [6.45, 7) is 7.02. The average molecular weight is 425 g/mol. The number of nitrogens with two attached hydrogens (primary N) is 1. The van der Waals surface area contributed by atoms with Crippen molar-refractivity contribution in [2.45, 2.75) is 26.8 Å². The summed E-state index contributed by atoms with van der Waals surface area (Å²) in [6, 6.07) is 21.5. The summed E-state index contributed by atoms with van der Waals surface area (Å²) in [5.41, 5.74) is 11.8. The molecule has 3 aromatic rings. The summed E-state index contributed by atoms with van der Waals surface area (Å²) in [7, 11) is 0. The molecule has 1 atom stereocenters. The molecule has 3 aromatic carbocycles. The first-order valence-corrected chi connectivity index (χ1v) is 9.93. The SMILES string of the molecule is CCOc1cc(C)cc(-c2cc(C(=O)N[C@@H](CN)c3ccccc3)ccc2C)c1.Cl. The summed E-state index contributed by atoms with van der Waals surface area (Å²) < 4.78 is 5.69. The molecule has 0 fully saturated rings. The fraction of sp³-hybridized carbons (Fsp3) is 0.240. The topological polar surface area (TPSA) is 64.3 Å². The van der Waals surface area contributed by atoms with E-state index in [9.17, 15) is 4.79 Å². The molecule has 0 aliphatic rings. The van der Waals surface area contributed by atoms with Gasteiger partial charge in [0.25, 0.3) is 5.91 Å². The average Bonchev–Trinajstić information content (AvgIpc) is 2.72. The first-order valence-electron chi connectivity index (χ1n) is 9.93. The van der Waals surface area contributed by atoms with Crippen molar-refractivity contribution in [1.29, 1.82) is 0 Å². The van der Waals surface area contributed by atoms with Gasteiger partial charge in [0.05, 0.1) is 12.6 Å². The molecule has 0 saturated carbocycles. The zero-order valence-corrected chi connectivity index (χ0v) is 18.5. The molecule has 0 aromatic heterocycles. The zero-order chi connectivity index (χ0) is 20.8. The van der Waals surface area contributed by atoms with Crippen LogP contribution in [0.5, 0.6) is 5.75 Å². The number of halogens is 1. The minimum absolute atomic E-state index is 0. The van der Waals surface area contributed by atoms with Crippen LogP contribution in [0.1, 0.15) is 40.0 Å². The molecule has 0 radical (unpaired) electrons. The predicted molar refractivity (Wildman–Crippen MR) is 125 cm³/mol. The van der Waals surface area contributed by atoms with E-state index in [2.05, 4.69) is 11.4 Å². The van der Waals surface area contributed by atoms with Crippen LogP contribution in [0.4, 0.5) is 0 Å². The van der Waals surface area contributed by atoms with Gasteiger partial charge in [-0.05, 0) is 72.9 Å². The molecule has 1 amide bonds. The van der Waals surface area contributed by atoms with E-state index in [1.165, 1.54) is 0 Å². The van der Waals surface area contributed by atoms with Gasteiger partial charge < -0.3 is 15.8 Å². The van der Waals surface area contributed by atoms with E-state index in [-0.39, 0.29) is 24.4 Å².